The van der Waals surface area contributed by atoms with E-state index in [0.717, 1.165) is 29.3 Å². The fourth-order valence-electron chi connectivity index (χ4n) is 3.57. The van der Waals surface area contributed by atoms with Crippen LogP contribution < -0.4 is 5.32 Å². The molecule has 0 radical (unpaired) electrons. The molecule has 0 fully saturated rings. The molecule has 2 aromatic heterocycles. The molecule has 148 valence electrons. The normalized spacial score (nSPS) is 11.0. The molecule has 28 heavy (non-hydrogen) atoms. The van der Waals surface area contributed by atoms with Gasteiger partial charge in [-0.1, -0.05) is 70.1 Å². The quantitative estimate of drug-likeness (QED) is 0.375. The molecule has 1 amide bonds. The molecule has 0 spiro atoms. The topological polar surface area (TPSA) is 55.1 Å². The van der Waals surface area contributed by atoms with Crippen molar-refractivity contribution in [2.75, 3.05) is 5.32 Å². The summed E-state index contributed by atoms with van der Waals surface area (Å²) in [4.78, 5) is 17.1. The fraction of sp³-hybridized carbons (Fsp3) is 0.417. The van der Waals surface area contributed by atoms with E-state index in [9.17, 15) is 4.79 Å². The Morgan fingerprint density at radius 2 is 1.71 bits per heavy atom. The van der Waals surface area contributed by atoms with Crippen LogP contribution in [0.4, 0.5) is 5.69 Å². The van der Waals surface area contributed by atoms with E-state index in [2.05, 4.69) is 17.2 Å². The summed E-state index contributed by atoms with van der Waals surface area (Å²) >= 11 is 0. The lowest BCUT2D eigenvalue weighted by Gasteiger charge is -2.08. The van der Waals surface area contributed by atoms with Crippen molar-refractivity contribution in [3.8, 4) is 0 Å². The number of amides is 1. The number of furan rings is 1. The average molecular weight is 379 g/mol. The molecule has 3 rings (SSSR count). The molecule has 0 atom stereocenters. The molecule has 0 bridgehead atoms. The van der Waals surface area contributed by atoms with Crippen molar-refractivity contribution in [3.63, 3.8) is 0 Å². The number of nitrogens with one attached hydrogen (secondary N) is 1. The van der Waals surface area contributed by atoms with Gasteiger partial charge in [-0.25, -0.2) is 0 Å². The minimum absolute atomic E-state index is 0.210. The highest BCUT2D eigenvalue weighted by Crippen LogP contribution is 2.23. The number of rotatable bonds is 11. The number of para-hydroxylation sites is 1. The van der Waals surface area contributed by atoms with Crippen molar-refractivity contribution in [3.05, 3.63) is 60.2 Å². The van der Waals surface area contributed by atoms with Crippen LogP contribution in [0.15, 0.2) is 53.3 Å². The molecule has 3 aromatic rings. The summed E-state index contributed by atoms with van der Waals surface area (Å²) in [6, 6.07) is 11.6. The first-order valence-corrected chi connectivity index (χ1v) is 10.5. The number of carbonyl (C=O) groups is 1. The lowest BCUT2D eigenvalue weighted by Crippen LogP contribution is -2.13. The first-order chi connectivity index (χ1) is 13.8. The molecule has 2 heterocycles. The summed E-state index contributed by atoms with van der Waals surface area (Å²) < 4.78 is 5.50. The van der Waals surface area contributed by atoms with Gasteiger partial charge in [0.05, 0.1) is 17.5 Å². The van der Waals surface area contributed by atoms with Gasteiger partial charge in [0, 0.05) is 17.1 Å². The maximum atomic E-state index is 12.7. The van der Waals surface area contributed by atoms with Crippen LogP contribution in [0.2, 0.25) is 0 Å². The minimum atomic E-state index is -0.210. The number of hydrogen-bond acceptors (Lipinski definition) is 3. The molecule has 1 aromatic carbocycles. The van der Waals surface area contributed by atoms with Crippen molar-refractivity contribution in [1.29, 1.82) is 0 Å². The summed E-state index contributed by atoms with van der Waals surface area (Å²) in [7, 11) is 0. The highest BCUT2D eigenvalue weighted by atomic mass is 16.3. The van der Waals surface area contributed by atoms with Gasteiger partial charge in [0.2, 0.25) is 0 Å². The van der Waals surface area contributed by atoms with E-state index < -0.39 is 0 Å². The van der Waals surface area contributed by atoms with Gasteiger partial charge in [-0.15, -0.1) is 0 Å². The van der Waals surface area contributed by atoms with Crippen molar-refractivity contribution < 1.29 is 9.21 Å². The third-order valence-electron chi connectivity index (χ3n) is 5.13. The van der Waals surface area contributed by atoms with Gasteiger partial charge in [-0.05, 0) is 31.0 Å². The van der Waals surface area contributed by atoms with E-state index >= 15 is 0 Å². The number of carbonyl (C=O) groups excluding carboxylic acids is 1. The molecule has 4 nitrogen and oxygen atoms in total. The lowest BCUT2D eigenvalue weighted by atomic mass is 10.0. The standard InChI is InChI=1S/C24H30N2O2/c1-2-3-4-5-6-7-8-9-12-20-16-18-28-23(20)24(27)26-21-15-10-13-19-14-11-17-25-22(19)21/h10-11,13-18H,2-9,12H2,1H3,(H,26,27). The Labute approximate surface area is 167 Å². The smallest absolute Gasteiger partial charge is 0.291 e. The van der Waals surface area contributed by atoms with Gasteiger partial charge in [-0.2, -0.15) is 0 Å². The number of nitrogens with zero attached hydrogens (tertiary/aromatic N) is 1. The molecule has 0 saturated carbocycles. The van der Waals surface area contributed by atoms with E-state index in [0.29, 0.717) is 11.4 Å². The summed E-state index contributed by atoms with van der Waals surface area (Å²) in [5, 5.41) is 3.96. The van der Waals surface area contributed by atoms with Crippen LogP contribution in [0, 0.1) is 0 Å². The van der Waals surface area contributed by atoms with E-state index in [-0.39, 0.29) is 5.91 Å². The van der Waals surface area contributed by atoms with Crippen LogP contribution in [0.25, 0.3) is 10.9 Å². The van der Waals surface area contributed by atoms with Gasteiger partial charge < -0.3 is 9.73 Å². The number of fused-ring (bicyclic) bond motifs is 1. The zero-order chi connectivity index (χ0) is 19.6. The number of aryl methyl sites for hydroxylation is 1. The second-order valence-corrected chi connectivity index (χ2v) is 7.33. The Hall–Kier alpha value is -2.62. The second-order valence-electron chi connectivity index (χ2n) is 7.33. The number of aromatic nitrogens is 1. The van der Waals surface area contributed by atoms with Gasteiger partial charge >= 0.3 is 0 Å². The highest BCUT2D eigenvalue weighted by Gasteiger charge is 2.16. The van der Waals surface area contributed by atoms with Gasteiger partial charge in [0.1, 0.15) is 0 Å². The van der Waals surface area contributed by atoms with Crippen molar-refractivity contribution in [2.45, 2.75) is 64.7 Å². The Morgan fingerprint density at radius 3 is 2.54 bits per heavy atom. The maximum absolute atomic E-state index is 12.7. The van der Waals surface area contributed by atoms with Crippen LogP contribution in [0.5, 0.6) is 0 Å². The summed E-state index contributed by atoms with van der Waals surface area (Å²) in [6.45, 7) is 2.25. The Bertz CT molecular complexity index is 880. The molecule has 1 N–H and O–H groups in total. The summed E-state index contributed by atoms with van der Waals surface area (Å²) in [6.07, 6.45) is 14.4. The van der Waals surface area contributed by atoms with Gasteiger partial charge in [0.15, 0.2) is 5.76 Å². The average Bonchev–Trinajstić information content (AvgIpc) is 3.19. The molecular formula is C24H30N2O2. The Morgan fingerprint density at radius 1 is 0.964 bits per heavy atom. The first-order valence-electron chi connectivity index (χ1n) is 10.5. The predicted octanol–water partition coefficient (Wildman–Crippen LogP) is 6.76. The first kappa shape index (κ1) is 20.1. The molecule has 0 aliphatic heterocycles. The van der Waals surface area contributed by atoms with Crippen molar-refractivity contribution >= 4 is 22.5 Å². The molecule has 0 aliphatic carbocycles. The summed E-state index contributed by atoms with van der Waals surface area (Å²) in [5.41, 5.74) is 2.48. The van der Waals surface area contributed by atoms with E-state index in [1.54, 1.807) is 12.5 Å². The third kappa shape index (κ3) is 5.44. The van der Waals surface area contributed by atoms with Gasteiger partial charge in [-0.3, -0.25) is 9.78 Å². The van der Waals surface area contributed by atoms with Crippen LogP contribution in [-0.2, 0) is 6.42 Å². The third-order valence-corrected chi connectivity index (χ3v) is 5.13. The molecular weight excluding hydrogens is 348 g/mol. The van der Waals surface area contributed by atoms with E-state index in [1.807, 2.05) is 36.4 Å². The largest absolute Gasteiger partial charge is 0.459 e. The van der Waals surface area contributed by atoms with Crippen molar-refractivity contribution in [1.82, 2.24) is 4.98 Å². The number of anilines is 1. The van der Waals surface area contributed by atoms with E-state index in [4.69, 9.17) is 4.42 Å². The predicted molar refractivity (Wildman–Crippen MR) is 115 cm³/mol. The number of benzene rings is 1. The van der Waals surface area contributed by atoms with Crippen LogP contribution in [-0.4, -0.2) is 10.9 Å². The number of unbranched alkanes of at least 4 members (excludes halogenated alkanes) is 7. The second kappa shape index (κ2) is 10.6. The summed E-state index contributed by atoms with van der Waals surface area (Å²) in [5.74, 6) is 0.202. The van der Waals surface area contributed by atoms with E-state index in [1.165, 1.54) is 44.9 Å². The maximum Gasteiger partial charge on any atom is 0.291 e. The highest BCUT2D eigenvalue weighted by molar-refractivity contribution is 6.07. The van der Waals surface area contributed by atoms with Gasteiger partial charge in [0.25, 0.3) is 5.91 Å². The monoisotopic (exact) mass is 378 g/mol. The fourth-order valence-corrected chi connectivity index (χ4v) is 3.57. The molecule has 4 heteroatoms. The van der Waals surface area contributed by atoms with Crippen LogP contribution >= 0.6 is 0 Å². The Kier molecular flexibility index (Phi) is 7.65. The minimum Gasteiger partial charge on any atom is -0.459 e. The zero-order valence-electron chi connectivity index (χ0n) is 16.7. The SMILES string of the molecule is CCCCCCCCCCc1ccoc1C(=O)Nc1cccc2cccnc12. The Balaban J connectivity index is 1.52. The van der Waals surface area contributed by atoms with Crippen LogP contribution in [0.1, 0.15) is 74.4 Å². The molecule has 0 saturated heterocycles. The van der Waals surface area contributed by atoms with Crippen molar-refractivity contribution in [2.24, 2.45) is 0 Å². The molecule has 0 aliphatic rings. The number of hydrogen-bond donors (Lipinski definition) is 1. The molecule has 0 unspecified atom stereocenters. The number of pyridine rings is 1. The lowest BCUT2D eigenvalue weighted by molar-refractivity contribution is 0.0995. The van der Waals surface area contributed by atoms with Crippen LogP contribution in [0.3, 0.4) is 0 Å². The zero-order valence-corrected chi connectivity index (χ0v) is 16.7.